The second kappa shape index (κ2) is 6.96. The average molecular weight is 379 g/mol. The predicted molar refractivity (Wildman–Crippen MR) is 87.2 cm³/mol. The zero-order chi connectivity index (χ0) is 18.1. The van der Waals surface area contributed by atoms with Gasteiger partial charge in [0, 0.05) is 6.54 Å². The van der Waals surface area contributed by atoms with Crippen molar-refractivity contribution in [1.82, 2.24) is 4.31 Å². The topological polar surface area (TPSA) is 121 Å². The quantitative estimate of drug-likeness (QED) is 0.660. The van der Waals surface area contributed by atoms with E-state index < -0.39 is 50.1 Å². The summed E-state index contributed by atoms with van der Waals surface area (Å²) < 4.78 is 55.5. The molecule has 0 unspecified atom stereocenters. The van der Waals surface area contributed by atoms with E-state index in [1.807, 2.05) is 0 Å². The number of rotatable bonds is 6. The fraction of sp³-hybridized carbons (Fsp3) is 0.571. The second-order valence-corrected chi connectivity index (χ2v) is 9.72. The smallest absolute Gasteiger partial charge is 0.247 e. The minimum Gasteiger partial charge on any atom is -0.495 e. The number of aliphatic hydroxyl groups excluding tert-OH is 2. The Bertz CT molecular complexity index is 804. The van der Waals surface area contributed by atoms with Crippen LogP contribution in [-0.4, -0.2) is 75.3 Å². The first-order chi connectivity index (χ1) is 11.1. The van der Waals surface area contributed by atoms with Crippen LogP contribution in [-0.2, 0) is 19.9 Å². The molecule has 1 aliphatic rings. The van der Waals surface area contributed by atoms with Gasteiger partial charge in [-0.15, -0.1) is 0 Å². The molecular weight excluding hydrogens is 358 g/mol. The molecule has 0 saturated carbocycles. The van der Waals surface area contributed by atoms with Gasteiger partial charge in [-0.05, 0) is 24.6 Å². The van der Waals surface area contributed by atoms with E-state index in [2.05, 4.69) is 0 Å². The molecule has 1 heterocycles. The molecule has 24 heavy (non-hydrogen) atoms. The number of aliphatic hydroxyl groups is 2. The van der Waals surface area contributed by atoms with Gasteiger partial charge in [0.2, 0.25) is 10.0 Å². The van der Waals surface area contributed by atoms with Gasteiger partial charge in [0.1, 0.15) is 10.6 Å². The summed E-state index contributed by atoms with van der Waals surface area (Å²) in [6, 6.07) is 3.45. The molecule has 1 aromatic rings. The first-order valence-corrected chi connectivity index (χ1v) is 10.5. The van der Waals surface area contributed by atoms with Crippen LogP contribution >= 0.6 is 0 Å². The Kier molecular flexibility index (Phi) is 5.55. The van der Waals surface area contributed by atoms with Crippen molar-refractivity contribution in [1.29, 1.82) is 0 Å². The number of ether oxygens (including phenoxy) is 1. The number of methoxy groups -OCH3 is 1. The van der Waals surface area contributed by atoms with Crippen LogP contribution in [0.3, 0.4) is 0 Å². The van der Waals surface area contributed by atoms with Crippen molar-refractivity contribution in [3.8, 4) is 5.75 Å². The second-order valence-electron chi connectivity index (χ2n) is 5.71. The van der Waals surface area contributed by atoms with Gasteiger partial charge in [0.05, 0.1) is 37.4 Å². The third kappa shape index (κ3) is 3.72. The Balaban J connectivity index is 2.53. The van der Waals surface area contributed by atoms with Crippen molar-refractivity contribution in [3.63, 3.8) is 0 Å². The molecular formula is C14H21NO7S2. The SMILES string of the molecule is COc1ccc(C)cc1S(=O)(=O)N(CCO)[C@H]1CS(=O)(=O)C[C@H]1O. The summed E-state index contributed by atoms with van der Waals surface area (Å²) in [4.78, 5) is -0.130. The minimum atomic E-state index is -4.17. The highest BCUT2D eigenvalue weighted by Crippen LogP contribution is 2.31. The highest BCUT2D eigenvalue weighted by molar-refractivity contribution is 7.92. The molecule has 2 atom stereocenters. The molecule has 8 nitrogen and oxygen atoms in total. The van der Waals surface area contributed by atoms with E-state index >= 15 is 0 Å². The molecule has 1 saturated heterocycles. The Labute approximate surface area is 141 Å². The molecule has 1 aliphatic heterocycles. The largest absolute Gasteiger partial charge is 0.495 e. The molecule has 2 N–H and O–H groups in total. The van der Waals surface area contributed by atoms with Gasteiger partial charge in [0.15, 0.2) is 9.84 Å². The highest BCUT2D eigenvalue weighted by atomic mass is 32.2. The highest BCUT2D eigenvalue weighted by Gasteiger charge is 2.45. The van der Waals surface area contributed by atoms with Crippen LogP contribution < -0.4 is 4.74 Å². The normalized spacial score (nSPS) is 23.5. The van der Waals surface area contributed by atoms with Crippen molar-refractivity contribution in [3.05, 3.63) is 23.8 Å². The lowest BCUT2D eigenvalue weighted by Gasteiger charge is -2.29. The molecule has 1 fully saturated rings. The lowest BCUT2D eigenvalue weighted by molar-refractivity contribution is 0.117. The van der Waals surface area contributed by atoms with E-state index in [4.69, 9.17) is 4.74 Å². The van der Waals surface area contributed by atoms with Gasteiger partial charge in [-0.2, -0.15) is 4.31 Å². The van der Waals surface area contributed by atoms with Gasteiger partial charge in [-0.3, -0.25) is 0 Å². The van der Waals surface area contributed by atoms with Crippen LogP contribution in [0.4, 0.5) is 0 Å². The summed E-state index contributed by atoms with van der Waals surface area (Å²) >= 11 is 0. The predicted octanol–water partition coefficient (Wildman–Crippen LogP) is -0.855. The van der Waals surface area contributed by atoms with E-state index in [9.17, 15) is 27.0 Å². The van der Waals surface area contributed by atoms with Crippen molar-refractivity contribution in [2.75, 3.05) is 31.8 Å². The molecule has 136 valence electrons. The number of sulfone groups is 1. The number of hydrogen-bond donors (Lipinski definition) is 2. The Morgan fingerprint density at radius 2 is 2.00 bits per heavy atom. The fourth-order valence-electron chi connectivity index (χ4n) is 2.76. The summed E-state index contributed by atoms with van der Waals surface area (Å²) in [5.41, 5.74) is 0.679. The van der Waals surface area contributed by atoms with Gasteiger partial charge in [-0.1, -0.05) is 6.07 Å². The monoisotopic (exact) mass is 379 g/mol. The van der Waals surface area contributed by atoms with E-state index in [-0.39, 0.29) is 17.2 Å². The number of benzene rings is 1. The Morgan fingerprint density at radius 1 is 1.33 bits per heavy atom. The Hall–Kier alpha value is -1.20. The standard InChI is InChI=1S/C14H21NO7S2/c1-10-3-4-13(22-2)14(7-10)24(20,21)15(5-6-16)11-8-23(18,19)9-12(11)17/h3-4,7,11-12,16-17H,5-6,8-9H2,1-2H3/t11-,12+/m0/s1. The van der Waals surface area contributed by atoms with Crippen molar-refractivity contribution in [2.45, 2.75) is 24.0 Å². The van der Waals surface area contributed by atoms with Crippen LogP contribution in [0.2, 0.25) is 0 Å². The van der Waals surface area contributed by atoms with E-state index in [1.165, 1.54) is 19.2 Å². The molecule has 0 radical (unpaired) electrons. The maximum Gasteiger partial charge on any atom is 0.247 e. The summed E-state index contributed by atoms with van der Waals surface area (Å²) in [5.74, 6) is -0.874. The maximum atomic E-state index is 13.0. The maximum absolute atomic E-state index is 13.0. The summed E-state index contributed by atoms with van der Waals surface area (Å²) in [7, 11) is -6.39. The lowest BCUT2D eigenvalue weighted by Crippen LogP contribution is -2.47. The lowest BCUT2D eigenvalue weighted by atomic mass is 10.2. The summed E-state index contributed by atoms with van der Waals surface area (Å²) in [5, 5.41) is 19.3. The van der Waals surface area contributed by atoms with E-state index in [0.717, 1.165) is 4.31 Å². The summed E-state index contributed by atoms with van der Waals surface area (Å²) in [6.45, 7) is 0.886. The van der Waals surface area contributed by atoms with Crippen LogP contribution in [0.25, 0.3) is 0 Å². The van der Waals surface area contributed by atoms with Gasteiger partial charge in [-0.25, -0.2) is 16.8 Å². The number of aryl methyl sites for hydroxylation is 1. The van der Waals surface area contributed by atoms with E-state index in [1.54, 1.807) is 13.0 Å². The fourth-order valence-corrected chi connectivity index (χ4v) is 6.54. The molecule has 2 rings (SSSR count). The number of hydrogen-bond acceptors (Lipinski definition) is 7. The van der Waals surface area contributed by atoms with Crippen molar-refractivity contribution >= 4 is 19.9 Å². The molecule has 0 aromatic heterocycles. The minimum absolute atomic E-state index is 0.110. The third-order valence-corrected chi connectivity index (χ3v) is 7.53. The van der Waals surface area contributed by atoms with Crippen LogP contribution in [0.1, 0.15) is 5.56 Å². The zero-order valence-corrected chi connectivity index (χ0v) is 15.0. The first kappa shape index (κ1) is 19.1. The molecule has 1 aromatic carbocycles. The number of nitrogens with zero attached hydrogens (tertiary/aromatic N) is 1. The molecule has 0 amide bonds. The van der Waals surface area contributed by atoms with Gasteiger partial charge >= 0.3 is 0 Å². The van der Waals surface area contributed by atoms with Crippen molar-refractivity contribution in [2.24, 2.45) is 0 Å². The molecule has 10 heteroatoms. The number of sulfonamides is 1. The van der Waals surface area contributed by atoms with Crippen LogP contribution in [0.5, 0.6) is 5.75 Å². The van der Waals surface area contributed by atoms with Gasteiger partial charge < -0.3 is 14.9 Å². The van der Waals surface area contributed by atoms with Gasteiger partial charge in [0.25, 0.3) is 0 Å². The zero-order valence-electron chi connectivity index (χ0n) is 13.4. The first-order valence-electron chi connectivity index (χ1n) is 7.28. The van der Waals surface area contributed by atoms with Crippen molar-refractivity contribution < 1.29 is 31.8 Å². The van der Waals surface area contributed by atoms with E-state index in [0.29, 0.717) is 5.56 Å². The van der Waals surface area contributed by atoms with Crippen LogP contribution in [0, 0.1) is 6.92 Å². The average Bonchev–Trinajstić information content (AvgIpc) is 2.77. The molecule has 0 spiro atoms. The molecule has 0 aliphatic carbocycles. The Morgan fingerprint density at radius 3 is 2.50 bits per heavy atom. The third-order valence-electron chi connectivity index (χ3n) is 3.89. The summed E-state index contributed by atoms with van der Waals surface area (Å²) in [6.07, 6.45) is -1.34. The van der Waals surface area contributed by atoms with Crippen LogP contribution in [0.15, 0.2) is 23.1 Å². The molecule has 0 bridgehead atoms.